The van der Waals surface area contributed by atoms with Gasteiger partial charge in [-0.1, -0.05) is 30.3 Å². The second-order valence-electron chi connectivity index (χ2n) is 6.22. The summed E-state index contributed by atoms with van der Waals surface area (Å²) in [5, 5.41) is 13.6. The van der Waals surface area contributed by atoms with Crippen molar-refractivity contribution in [3.05, 3.63) is 110 Å². The van der Waals surface area contributed by atoms with Crippen LogP contribution in [0, 0.1) is 73.8 Å². The summed E-state index contributed by atoms with van der Waals surface area (Å²) in [5.41, 5.74) is 0.856. The average molecular weight is 436 g/mol. The van der Waals surface area contributed by atoms with Gasteiger partial charge in [0.05, 0.1) is 6.04 Å². The molecule has 0 heterocycles. The Balaban J connectivity index is 0.000000610. The molecule has 0 saturated heterocycles. The minimum absolute atomic E-state index is 0. The van der Waals surface area contributed by atoms with E-state index in [1.165, 1.54) is 0 Å². The van der Waals surface area contributed by atoms with Crippen molar-refractivity contribution in [2.75, 3.05) is 6.54 Å². The molecule has 10 radical (unpaired) electrons. The fourth-order valence-corrected chi connectivity index (χ4v) is 2.79. The van der Waals surface area contributed by atoms with Gasteiger partial charge >= 0.3 is 17.1 Å². The van der Waals surface area contributed by atoms with E-state index in [2.05, 4.69) is 5.32 Å². The number of hydrogen-bond donors (Lipinski definition) is 1. The molecule has 1 N–H and O–H groups in total. The minimum atomic E-state index is -0.680. The summed E-state index contributed by atoms with van der Waals surface area (Å²) in [7, 11) is 0. The predicted octanol–water partition coefficient (Wildman–Crippen LogP) is 2.95. The average Bonchev–Trinajstić information content (AvgIpc) is 3.42. The third-order valence-electron chi connectivity index (χ3n) is 4.15. The van der Waals surface area contributed by atoms with Crippen molar-refractivity contribution in [2.24, 2.45) is 0 Å². The summed E-state index contributed by atoms with van der Waals surface area (Å²) in [6.07, 6.45) is 16.7. The van der Waals surface area contributed by atoms with Gasteiger partial charge in [0.15, 0.2) is 0 Å². The molecule has 2 aliphatic carbocycles. The molecule has 0 aliphatic heterocycles. The molecule has 2 saturated carbocycles. The van der Waals surface area contributed by atoms with Gasteiger partial charge in [0.1, 0.15) is 12.2 Å². The van der Waals surface area contributed by atoms with E-state index in [-0.39, 0.29) is 29.7 Å². The van der Waals surface area contributed by atoms with E-state index in [1.54, 1.807) is 19.8 Å². The standard InChI is InChI=1S/C17H19N2O4.C5H5.Fe/c1-13(18-12-20)17(15-9-3-2-4-10-15)23-16(11-19(21)22)14-7-5-6-8-14;1-2-4-5-3-1;/h2-10,12-13,16-17H,11H2,1H3,(H,18,20);1-5H;/q;;+2/t13-,16-,17-;;/m0../s1. The van der Waals surface area contributed by atoms with Gasteiger partial charge in [-0.2, -0.15) is 0 Å². The SMILES string of the molecule is C[C@H](NC=O)[C@H](O[C@@H](C[N+](=O)[O-])[C]1[CH][CH][CH][CH]1)c1ccccc1.[CH]1[CH][CH][CH][CH]1.[Fe+2]. The number of nitro groups is 1. The van der Waals surface area contributed by atoms with Gasteiger partial charge in [0, 0.05) is 10.8 Å². The Labute approximate surface area is 184 Å². The molecule has 0 spiro atoms. The van der Waals surface area contributed by atoms with Crippen LogP contribution in [0.1, 0.15) is 18.6 Å². The van der Waals surface area contributed by atoms with E-state index in [0.29, 0.717) is 6.41 Å². The van der Waals surface area contributed by atoms with Crippen LogP contribution in [-0.2, 0) is 26.6 Å². The summed E-state index contributed by atoms with van der Waals surface area (Å²) in [5.74, 6) is 0.751. The van der Waals surface area contributed by atoms with Crippen molar-refractivity contribution >= 4 is 6.41 Å². The van der Waals surface area contributed by atoms with Crippen molar-refractivity contribution in [3.63, 3.8) is 0 Å². The number of rotatable bonds is 9. The summed E-state index contributed by atoms with van der Waals surface area (Å²) in [6.45, 7) is 1.47. The van der Waals surface area contributed by atoms with E-state index in [9.17, 15) is 14.9 Å². The molecule has 1 aromatic rings. The smallest absolute Gasteiger partial charge is 0.361 e. The molecule has 1 amide bonds. The van der Waals surface area contributed by atoms with Crippen LogP contribution >= 0.6 is 0 Å². The zero-order valence-electron chi connectivity index (χ0n) is 16.0. The quantitative estimate of drug-likeness (QED) is 0.279. The van der Waals surface area contributed by atoms with Crippen molar-refractivity contribution in [2.45, 2.75) is 25.2 Å². The van der Waals surface area contributed by atoms with E-state index < -0.39 is 17.1 Å². The van der Waals surface area contributed by atoms with Crippen LogP contribution in [0.2, 0.25) is 0 Å². The summed E-state index contributed by atoms with van der Waals surface area (Å²) in [4.78, 5) is 21.3. The maximum atomic E-state index is 11.0. The maximum absolute atomic E-state index is 11.0. The maximum Gasteiger partial charge on any atom is 2.00 e. The van der Waals surface area contributed by atoms with Crippen LogP contribution in [0.15, 0.2) is 30.3 Å². The van der Waals surface area contributed by atoms with E-state index in [0.717, 1.165) is 11.5 Å². The Morgan fingerprint density at radius 2 is 1.59 bits per heavy atom. The van der Waals surface area contributed by atoms with Crippen molar-refractivity contribution in [1.29, 1.82) is 0 Å². The number of nitrogens with zero attached hydrogens (tertiary/aromatic N) is 1. The predicted molar refractivity (Wildman–Crippen MR) is 107 cm³/mol. The number of amides is 1. The molecular weight excluding hydrogens is 412 g/mol. The fourth-order valence-electron chi connectivity index (χ4n) is 2.79. The van der Waals surface area contributed by atoms with Crippen LogP contribution < -0.4 is 5.32 Å². The largest absolute Gasteiger partial charge is 2.00 e. The van der Waals surface area contributed by atoms with Crippen LogP contribution in [0.4, 0.5) is 0 Å². The Bertz CT molecular complexity index is 570. The number of ether oxygens (including phenoxy) is 1. The first kappa shape index (κ1) is 25.6. The van der Waals surface area contributed by atoms with Gasteiger partial charge in [-0.05, 0) is 70.3 Å². The molecule has 1 aromatic carbocycles. The third kappa shape index (κ3) is 9.28. The molecule has 0 aromatic heterocycles. The van der Waals surface area contributed by atoms with E-state index >= 15 is 0 Å². The van der Waals surface area contributed by atoms with Gasteiger partial charge in [-0.3, -0.25) is 14.9 Å². The first-order valence-corrected chi connectivity index (χ1v) is 9.02. The molecular formula is C22H24FeN2O4+2. The molecule has 2 aliphatic rings. The number of carbonyl (C=O) groups is 1. The van der Waals surface area contributed by atoms with Gasteiger partial charge < -0.3 is 10.1 Å². The molecule has 0 unspecified atom stereocenters. The zero-order chi connectivity index (χ0) is 20.2. The van der Waals surface area contributed by atoms with E-state index in [4.69, 9.17) is 4.74 Å². The molecule has 0 bridgehead atoms. The Kier molecular flexibility index (Phi) is 12.8. The summed E-state index contributed by atoms with van der Waals surface area (Å²) >= 11 is 0. The summed E-state index contributed by atoms with van der Waals surface area (Å²) < 4.78 is 6.04. The van der Waals surface area contributed by atoms with Crippen LogP contribution in [-0.4, -0.2) is 30.0 Å². The molecule has 6 nitrogen and oxygen atoms in total. The van der Waals surface area contributed by atoms with E-state index in [1.807, 2.05) is 75.3 Å². The van der Waals surface area contributed by atoms with Crippen LogP contribution in [0.5, 0.6) is 0 Å². The monoisotopic (exact) mass is 436 g/mol. The van der Waals surface area contributed by atoms with Crippen molar-refractivity contribution < 1.29 is 31.5 Å². The molecule has 152 valence electrons. The molecule has 3 atom stereocenters. The topological polar surface area (TPSA) is 81.5 Å². The van der Waals surface area contributed by atoms with Gasteiger partial charge in [-0.15, -0.1) is 0 Å². The summed E-state index contributed by atoms with van der Waals surface area (Å²) in [6, 6.07) is 9.04. The number of carbonyl (C=O) groups excluding carboxylic acids is 1. The van der Waals surface area contributed by atoms with Crippen LogP contribution in [0.25, 0.3) is 0 Å². The second-order valence-corrected chi connectivity index (χ2v) is 6.22. The number of hydrogen-bond acceptors (Lipinski definition) is 4. The van der Waals surface area contributed by atoms with Gasteiger partial charge in [0.2, 0.25) is 13.0 Å². The Hall–Kier alpha value is -1.43. The zero-order valence-corrected chi connectivity index (χ0v) is 17.1. The van der Waals surface area contributed by atoms with Crippen molar-refractivity contribution in [3.8, 4) is 0 Å². The number of nitrogens with one attached hydrogen (secondary N) is 1. The number of benzene rings is 1. The third-order valence-corrected chi connectivity index (χ3v) is 4.15. The molecule has 7 heteroatoms. The first-order valence-electron chi connectivity index (χ1n) is 9.02. The Morgan fingerprint density at radius 3 is 2.07 bits per heavy atom. The second kappa shape index (κ2) is 14.5. The van der Waals surface area contributed by atoms with Crippen LogP contribution in [0.3, 0.4) is 0 Å². The fraction of sp³-hybridized carbons (Fsp3) is 0.227. The van der Waals surface area contributed by atoms with Crippen molar-refractivity contribution in [1.82, 2.24) is 5.32 Å². The molecule has 2 fully saturated rings. The first-order chi connectivity index (χ1) is 13.6. The molecule has 3 rings (SSSR count). The Morgan fingerprint density at radius 1 is 1.03 bits per heavy atom. The molecule has 29 heavy (non-hydrogen) atoms. The van der Waals surface area contributed by atoms with Gasteiger partial charge in [0.25, 0.3) is 0 Å². The van der Waals surface area contributed by atoms with Gasteiger partial charge in [-0.25, -0.2) is 0 Å². The normalized spacial score (nSPS) is 19.2. The minimum Gasteiger partial charge on any atom is -0.361 e.